The number of hydrogen-bond acceptors (Lipinski definition) is 4. The smallest absolute Gasteiger partial charge is 0.313 e. The molecule has 0 heterocycles. The molecule has 4 fully saturated rings. The summed E-state index contributed by atoms with van der Waals surface area (Å²) < 4.78 is 5.63. The quantitative estimate of drug-likeness (QED) is 0.410. The summed E-state index contributed by atoms with van der Waals surface area (Å²) in [6, 6.07) is 0. The fourth-order valence-corrected chi connectivity index (χ4v) is 11.0. The Hall–Kier alpha value is -1.65. The number of hydrogen-bond donors (Lipinski definition) is 1. The minimum Gasteiger partial charge on any atom is -0.481 e. The molecule has 0 aromatic carbocycles. The largest absolute Gasteiger partial charge is 0.481 e. The van der Waals surface area contributed by atoms with Crippen LogP contribution in [0.25, 0.3) is 0 Å². The molecule has 5 heteroatoms. The molecule has 11 atom stereocenters. The molecule has 0 aliphatic heterocycles. The third-order valence-electron chi connectivity index (χ3n) is 13.5. The van der Waals surface area contributed by atoms with Gasteiger partial charge in [-0.15, -0.1) is 0 Å². The molecule has 0 spiro atoms. The van der Waals surface area contributed by atoms with E-state index in [1.54, 1.807) is 6.92 Å². The van der Waals surface area contributed by atoms with Crippen LogP contribution >= 0.6 is 0 Å². The Kier molecular flexibility index (Phi) is 5.95. The summed E-state index contributed by atoms with van der Waals surface area (Å²) >= 11 is 0. The second-order valence-electron chi connectivity index (χ2n) is 15.0. The van der Waals surface area contributed by atoms with Crippen LogP contribution < -0.4 is 0 Å². The van der Waals surface area contributed by atoms with Crippen molar-refractivity contribution in [3.8, 4) is 0 Å². The van der Waals surface area contributed by atoms with Crippen LogP contribution in [0.3, 0.4) is 0 Å². The second-order valence-corrected chi connectivity index (χ2v) is 15.0. The van der Waals surface area contributed by atoms with Gasteiger partial charge in [0.1, 0.15) is 11.5 Å². The zero-order valence-corrected chi connectivity index (χ0v) is 24.3. The summed E-state index contributed by atoms with van der Waals surface area (Å²) in [5.74, 6) is 0.0756. The molecular formula is C32H48O5. The number of fused-ring (bicyclic) bond motifs is 7. The molecule has 0 aromatic heterocycles. The lowest BCUT2D eigenvalue weighted by Gasteiger charge is -2.70. The third-order valence-corrected chi connectivity index (χ3v) is 13.5. The topological polar surface area (TPSA) is 80.7 Å². The summed E-state index contributed by atoms with van der Waals surface area (Å²) in [6.45, 7) is 17.4. The second kappa shape index (κ2) is 8.18. The standard InChI is InChI=1S/C32H48O5/c1-18-9-12-28(4)15-16-30(6)21(25(28)19(18)2)17-22(34)26-29(5)13-11-24(37-20(3)33)32(8,27(35)36)23(29)10-14-31(26,30)7/h17-19,23-26H,9-16H2,1-8H3,(H,35,36)/t18-,19+,23-,24+,25+,26-,28-,29+,30-,31-,32?/m1/s1. The van der Waals surface area contributed by atoms with Gasteiger partial charge in [0.25, 0.3) is 0 Å². The van der Waals surface area contributed by atoms with Crippen molar-refractivity contribution in [2.75, 3.05) is 0 Å². The van der Waals surface area contributed by atoms with Crippen LogP contribution in [0.4, 0.5) is 0 Å². The van der Waals surface area contributed by atoms with E-state index in [4.69, 9.17) is 4.74 Å². The van der Waals surface area contributed by atoms with Gasteiger partial charge in [-0.3, -0.25) is 14.4 Å². The highest BCUT2D eigenvalue weighted by Gasteiger charge is 2.72. The van der Waals surface area contributed by atoms with Crippen LogP contribution in [0.2, 0.25) is 0 Å². The van der Waals surface area contributed by atoms with E-state index in [1.165, 1.54) is 31.8 Å². The molecule has 0 aromatic rings. The maximum Gasteiger partial charge on any atom is 0.313 e. The Morgan fingerprint density at radius 1 is 0.946 bits per heavy atom. The Morgan fingerprint density at radius 3 is 2.24 bits per heavy atom. The number of esters is 1. The molecule has 0 amide bonds. The highest BCUT2D eigenvalue weighted by molar-refractivity contribution is 5.96. The molecule has 206 valence electrons. The molecule has 0 radical (unpaired) electrons. The highest BCUT2D eigenvalue weighted by atomic mass is 16.5. The number of carboxylic acids is 1. The van der Waals surface area contributed by atoms with E-state index in [0.29, 0.717) is 30.6 Å². The predicted octanol–water partition coefficient (Wildman–Crippen LogP) is 6.84. The van der Waals surface area contributed by atoms with Gasteiger partial charge in [-0.1, -0.05) is 47.1 Å². The lowest BCUT2D eigenvalue weighted by atomic mass is 9.33. The predicted molar refractivity (Wildman–Crippen MR) is 143 cm³/mol. The molecular weight excluding hydrogens is 464 g/mol. The lowest BCUT2D eigenvalue weighted by molar-refractivity contribution is -0.220. The number of ketones is 1. The third kappa shape index (κ3) is 3.30. The maximum absolute atomic E-state index is 14.4. The lowest BCUT2D eigenvalue weighted by Crippen LogP contribution is -2.68. The Balaban J connectivity index is 1.62. The average molecular weight is 513 g/mol. The van der Waals surface area contributed by atoms with Crippen molar-refractivity contribution in [3.05, 3.63) is 11.6 Å². The molecule has 0 bridgehead atoms. The van der Waals surface area contributed by atoms with Gasteiger partial charge in [0.15, 0.2) is 5.78 Å². The number of carbonyl (C=O) groups excluding carboxylic acids is 2. The van der Waals surface area contributed by atoms with Crippen LogP contribution in [0.15, 0.2) is 11.6 Å². The summed E-state index contributed by atoms with van der Waals surface area (Å²) in [4.78, 5) is 39.1. The van der Waals surface area contributed by atoms with Crippen LogP contribution in [-0.4, -0.2) is 28.9 Å². The van der Waals surface area contributed by atoms with E-state index in [0.717, 1.165) is 19.3 Å². The van der Waals surface area contributed by atoms with Gasteiger partial charge in [-0.2, -0.15) is 0 Å². The average Bonchev–Trinajstić information content (AvgIpc) is 2.79. The van der Waals surface area contributed by atoms with Crippen molar-refractivity contribution in [2.24, 2.45) is 56.7 Å². The number of rotatable bonds is 2. The van der Waals surface area contributed by atoms with E-state index in [2.05, 4.69) is 47.6 Å². The number of carboxylic acid groups (broad SMARTS) is 1. The first kappa shape index (κ1) is 26.9. The van der Waals surface area contributed by atoms with Crippen LogP contribution in [0.1, 0.15) is 107 Å². The highest BCUT2D eigenvalue weighted by Crippen LogP contribution is 2.75. The Bertz CT molecular complexity index is 1060. The first-order chi connectivity index (χ1) is 17.1. The van der Waals surface area contributed by atoms with E-state index in [1.807, 2.05) is 0 Å². The van der Waals surface area contributed by atoms with E-state index < -0.39 is 28.9 Å². The maximum atomic E-state index is 14.4. The molecule has 1 N–H and O–H groups in total. The zero-order valence-electron chi connectivity index (χ0n) is 24.3. The zero-order chi connectivity index (χ0) is 27.3. The number of allylic oxidation sites excluding steroid dienone is 2. The molecule has 4 saturated carbocycles. The van der Waals surface area contributed by atoms with Gasteiger partial charge in [0.2, 0.25) is 0 Å². The first-order valence-corrected chi connectivity index (χ1v) is 14.7. The van der Waals surface area contributed by atoms with Gasteiger partial charge < -0.3 is 9.84 Å². The molecule has 37 heavy (non-hydrogen) atoms. The van der Waals surface area contributed by atoms with Crippen LogP contribution in [0.5, 0.6) is 0 Å². The van der Waals surface area contributed by atoms with Crippen molar-refractivity contribution in [1.29, 1.82) is 0 Å². The van der Waals surface area contributed by atoms with Gasteiger partial charge in [0, 0.05) is 12.8 Å². The molecule has 5 aliphatic rings. The van der Waals surface area contributed by atoms with Gasteiger partial charge >= 0.3 is 11.9 Å². The monoisotopic (exact) mass is 512 g/mol. The summed E-state index contributed by atoms with van der Waals surface area (Å²) in [6.07, 6.45) is 8.96. The minimum atomic E-state index is -1.20. The van der Waals surface area contributed by atoms with Crippen LogP contribution in [0, 0.1) is 56.7 Å². The normalized spacial score (nSPS) is 53.1. The van der Waals surface area contributed by atoms with Crippen molar-refractivity contribution >= 4 is 17.7 Å². The fraction of sp³-hybridized carbons (Fsp3) is 0.844. The van der Waals surface area contributed by atoms with E-state index in [9.17, 15) is 19.5 Å². The molecule has 5 aliphatic carbocycles. The summed E-state index contributed by atoms with van der Waals surface area (Å²) in [7, 11) is 0. The molecule has 5 rings (SSSR count). The van der Waals surface area contributed by atoms with Crippen LogP contribution in [-0.2, 0) is 19.1 Å². The Labute approximate surface area is 223 Å². The van der Waals surface area contributed by atoms with Crippen molar-refractivity contribution in [1.82, 2.24) is 0 Å². The van der Waals surface area contributed by atoms with Crippen molar-refractivity contribution in [2.45, 2.75) is 113 Å². The number of aliphatic carboxylic acids is 1. The Morgan fingerprint density at radius 2 is 1.62 bits per heavy atom. The summed E-state index contributed by atoms with van der Waals surface area (Å²) in [5.41, 5.74) is -0.280. The van der Waals surface area contributed by atoms with E-state index in [-0.39, 0.29) is 33.9 Å². The van der Waals surface area contributed by atoms with Gasteiger partial charge in [-0.05, 0) is 110 Å². The molecule has 1 unspecified atom stereocenters. The van der Waals surface area contributed by atoms with E-state index >= 15 is 0 Å². The van der Waals surface area contributed by atoms with Crippen molar-refractivity contribution in [3.63, 3.8) is 0 Å². The molecule has 5 nitrogen and oxygen atoms in total. The SMILES string of the molecule is CC(=O)O[C@H]1CC[C@]2(C)[C@H]3C(=O)C=C4[C@@H]5[C@@H](C)[C@H](C)CC[C@]5(C)CC[C@@]4(C)[C@]3(C)CC[C@H]2C1(C)C(=O)O. The van der Waals surface area contributed by atoms with Crippen molar-refractivity contribution < 1.29 is 24.2 Å². The minimum absolute atomic E-state index is 0.0680. The molecule has 0 saturated heterocycles. The number of ether oxygens (including phenoxy) is 1. The number of carbonyl (C=O) groups is 3. The van der Waals surface area contributed by atoms with Gasteiger partial charge in [-0.25, -0.2) is 0 Å². The summed E-state index contributed by atoms with van der Waals surface area (Å²) in [5, 5.41) is 10.5. The first-order valence-electron chi connectivity index (χ1n) is 14.7. The fourth-order valence-electron chi connectivity index (χ4n) is 11.0. The van der Waals surface area contributed by atoms with Gasteiger partial charge in [0.05, 0.1) is 0 Å².